The third-order valence-corrected chi connectivity index (χ3v) is 4.99. The van der Waals surface area contributed by atoms with Gasteiger partial charge in [0.05, 0.1) is 0 Å². The summed E-state index contributed by atoms with van der Waals surface area (Å²) in [4.78, 5) is 0. The van der Waals surface area contributed by atoms with Crippen LogP contribution in [0.25, 0.3) is 11.1 Å². The molecule has 3 heteroatoms. The molecule has 0 radical (unpaired) electrons. The third kappa shape index (κ3) is 3.55. The fourth-order valence-corrected chi connectivity index (χ4v) is 3.54. The van der Waals surface area contributed by atoms with Crippen molar-refractivity contribution in [3.05, 3.63) is 114 Å². The largest absolute Gasteiger partial charge is 0.508 e. The van der Waals surface area contributed by atoms with Crippen LogP contribution in [0.5, 0.6) is 5.75 Å². The SMILES string of the molecule is Nc1ccc(C(c2ccc(-c3ccccc3)cc2)c2ccc(N)cc2O)cc1. The van der Waals surface area contributed by atoms with Gasteiger partial charge in [-0.05, 0) is 40.5 Å². The first-order valence-electron chi connectivity index (χ1n) is 9.21. The molecule has 0 amide bonds. The molecule has 28 heavy (non-hydrogen) atoms. The third-order valence-electron chi connectivity index (χ3n) is 4.99. The van der Waals surface area contributed by atoms with Crippen LogP contribution in [0.1, 0.15) is 22.6 Å². The molecule has 0 aromatic heterocycles. The molecule has 1 unspecified atom stereocenters. The molecule has 0 bridgehead atoms. The second-order valence-electron chi connectivity index (χ2n) is 6.91. The maximum Gasteiger partial charge on any atom is 0.121 e. The van der Waals surface area contributed by atoms with Crippen LogP contribution in [0.2, 0.25) is 0 Å². The monoisotopic (exact) mass is 366 g/mol. The first-order chi connectivity index (χ1) is 13.6. The van der Waals surface area contributed by atoms with Crippen molar-refractivity contribution in [3.63, 3.8) is 0 Å². The van der Waals surface area contributed by atoms with Crippen LogP contribution in [0, 0.1) is 0 Å². The van der Waals surface area contributed by atoms with Gasteiger partial charge < -0.3 is 16.6 Å². The van der Waals surface area contributed by atoms with Gasteiger partial charge in [0, 0.05) is 28.9 Å². The molecule has 0 saturated carbocycles. The molecule has 0 aliphatic rings. The van der Waals surface area contributed by atoms with Gasteiger partial charge in [0.15, 0.2) is 0 Å². The fourth-order valence-electron chi connectivity index (χ4n) is 3.54. The second-order valence-corrected chi connectivity index (χ2v) is 6.91. The standard InChI is InChI=1S/C25H22N2O/c26-21-12-10-20(11-13-21)25(23-15-14-22(27)16-24(23)28)19-8-6-18(7-9-19)17-4-2-1-3-5-17/h1-16,25,28H,26-27H2. The molecule has 4 aromatic carbocycles. The highest BCUT2D eigenvalue weighted by Gasteiger charge is 2.20. The van der Waals surface area contributed by atoms with Crippen molar-refractivity contribution >= 4 is 11.4 Å². The van der Waals surface area contributed by atoms with Crippen LogP contribution in [0.3, 0.4) is 0 Å². The summed E-state index contributed by atoms with van der Waals surface area (Å²) >= 11 is 0. The van der Waals surface area contributed by atoms with Crippen molar-refractivity contribution < 1.29 is 5.11 Å². The van der Waals surface area contributed by atoms with Crippen molar-refractivity contribution in [2.24, 2.45) is 0 Å². The van der Waals surface area contributed by atoms with E-state index in [1.165, 1.54) is 5.56 Å². The van der Waals surface area contributed by atoms with E-state index in [4.69, 9.17) is 11.5 Å². The van der Waals surface area contributed by atoms with E-state index >= 15 is 0 Å². The number of phenolic OH excluding ortho intramolecular Hbond substituents is 1. The number of benzene rings is 4. The van der Waals surface area contributed by atoms with Gasteiger partial charge in [-0.15, -0.1) is 0 Å². The fraction of sp³-hybridized carbons (Fsp3) is 0.0400. The molecule has 0 aliphatic carbocycles. The van der Waals surface area contributed by atoms with E-state index in [1.807, 2.05) is 54.6 Å². The van der Waals surface area contributed by atoms with Gasteiger partial charge in [0.2, 0.25) is 0 Å². The molecular formula is C25H22N2O. The van der Waals surface area contributed by atoms with Gasteiger partial charge >= 0.3 is 0 Å². The van der Waals surface area contributed by atoms with Crippen LogP contribution in [0.4, 0.5) is 11.4 Å². The highest BCUT2D eigenvalue weighted by Crippen LogP contribution is 2.38. The topological polar surface area (TPSA) is 72.3 Å². The zero-order chi connectivity index (χ0) is 19.5. The summed E-state index contributed by atoms with van der Waals surface area (Å²) in [6.45, 7) is 0. The van der Waals surface area contributed by atoms with Crippen LogP contribution in [-0.2, 0) is 0 Å². The maximum atomic E-state index is 10.6. The van der Waals surface area contributed by atoms with E-state index in [9.17, 15) is 5.11 Å². The summed E-state index contributed by atoms with van der Waals surface area (Å²) < 4.78 is 0. The molecule has 0 spiro atoms. The number of hydrogen-bond acceptors (Lipinski definition) is 3. The average molecular weight is 366 g/mol. The summed E-state index contributed by atoms with van der Waals surface area (Å²) in [7, 11) is 0. The lowest BCUT2D eigenvalue weighted by Crippen LogP contribution is -2.04. The van der Waals surface area contributed by atoms with Crippen LogP contribution in [0.15, 0.2) is 97.1 Å². The second kappa shape index (κ2) is 7.49. The zero-order valence-electron chi connectivity index (χ0n) is 15.4. The minimum Gasteiger partial charge on any atom is -0.508 e. The summed E-state index contributed by atoms with van der Waals surface area (Å²) in [5, 5.41) is 10.6. The minimum atomic E-state index is -0.119. The lowest BCUT2D eigenvalue weighted by molar-refractivity contribution is 0.467. The number of phenols is 1. The summed E-state index contributed by atoms with van der Waals surface area (Å²) in [6.07, 6.45) is 0. The van der Waals surface area contributed by atoms with E-state index in [2.05, 4.69) is 36.4 Å². The van der Waals surface area contributed by atoms with Gasteiger partial charge in [-0.1, -0.05) is 72.8 Å². The number of nitrogen functional groups attached to an aromatic ring is 2. The van der Waals surface area contributed by atoms with Crippen LogP contribution < -0.4 is 11.5 Å². The molecule has 0 fully saturated rings. The number of nitrogens with two attached hydrogens (primary N) is 2. The van der Waals surface area contributed by atoms with Crippen molar-refractivity contribution in [1.82, 2.24) is 0 Å². The summed E-state index contributed by atoms with van der Waals surface area (Å²) in [5.74, 6) is 0.0694. The minimum absolute atomic E-state index is 0.119. The lowest BCUT2D eigenvalue weighted by atomic mass is 9.84. The van der Waals surface area contributed by atoms with E-state index in [0.29, 0.717) is 11.4 Å². The number of rotatable bonds is 4. The Hall–Kier alpha value is -3.72. The van der Waals surface area contributed by atoms with Crippen molar-refractivity contribution in [1.29, 1.82) is 0 Å². The Balaban J connectivity index is 1.80. The summed E-state index contributed by atoms with van der Waals surface area (Å²) in [6, 6.07) is 31.8. The van der Waals surface area contributed by atoms with E-state index in [1.54, 1.807) is 6.07 Å². The number of anilines is 2. The normalized spacial score (nSPS) is 11.9. The molecule has 4 aromatic rings. The van der Waals surface area contributed by atoms with E-state index in [0.717, 1.165) is 22.3 Å². The Morgan fingerprint density at radius 3 is 1.71 bits per heavy atom. The molecule has 4 rings (SSSR count). The van der Waals surface area contributed by atoms with Crippen molar-refractivity contribution in [3.8, 4) is 16.9 Å². The smallest absolute Gasteiger partial charge is 0.121 e. The molecule has 0 heterocycles. The Morgan fingerprint density at radius 2 is 1.11 bits per heavy atom. The Morgan fingerprint density at radius 1 is 0.571 bits per heavy atom. The predicted octanol–water partition coefficient (Wildman–Crippen LogP) is 5.40. The van der Waals surface area contributed by atoms with Crippen LogP contribution >= 0.6 is 0 Å². The van der Waals surface area contributed by atoms with E-state index < -0.39 is 0 Å². The molecule has 1 atom stereocenters. The molecular weight excluding hydrogens is 344 g/mol. The number of hydrogen-bond donors (Lipinski definition) is 3. The van der Waals surface area contributed by atoms with Gasteiger partial charge in [0.25, 0.3) is 0 Å². The Bertz CT molecular complexity index is 1070. The Kier molecular flexibility index (Phi) is 4.73. The van der Waals surface area contributed by atoms with Gasteiger partial charge in [-0.2, -0.15) is 0 Å². The van der Waals surface area contributed by atoms with E-state index in [-0.39, 0.29) is 11.7 Å². The summed E-state index contributed by atoms with van der Waals surface area (Å²) in [5.41, 5.74) is 18.2. The van der Waals surface area contributed by atoms with Gasteiger partial charge in [0.1, 0.15) is 5.75 Å². The van der Waals surface area contributed by atoms with Crippen molar-refractivity contribution in [2.75, 3.05) is 11.5 Å². The predicted molar refractivity (Wildman–Crippen MR) is 116 cm³/mol. The molecule has 5 N–H and O–H groups in total. The molecule has 0 aliphatic heterocycles. The van der Waals surface area contributed by atoms with Gasteiger partial charge in [-0.25, -0.2) is 0 Å². The average Bonchev–Trinajstić information content (AvgIpc) is 2.72. The quantitative estimate of drug-likeness (QED) is 0.334. The molecule has 3 nitrogen and oxygen atoms in total. The van der Waals surface area contributed by atoms with Crippen molar-refractivity contribution in [2.45, 2.75) is 5.92 Å². The maximum absolute atomic E-state index is 10.6. The first-order valence-corrected chi connectivity index (χ1v) is 9.21. The zero-order valence-corrected chi connectivity index (χ0v) is 15.4. The first kappa shape index (κ1) is 17.7. The van der Waals surface area contributed by atoms with Gasteiger partial charge in [-0.3, -0.25) is 0 Å². The lowest BCUT2D eigenvalue weighted by Gasteiger charge is -2.21. The Labute approximate surface area is 164 Å². The highest BCUT2D eigenvalue weighted by atomic mass is 16.3. The molecule has 0 saturated heterocycles. The van der Waals surface area contributed by atoms with Crippen LogP contribution in [-0.4, -0.2) is 5.11 Å². The molecule has 138 valence electrons. The highest BCUT2D eigenvalue weighted by molar-refractivity contribution is 5.64. The number of aromatic hydroxyl groups is 1.